The van der Waals surface area contributed by atoms with Crippen LogP contribution in [0.1, 0.15) is 96.3 Å². The summed E-state index contributed by atoms with van der Waals surface area (Å²) < 4.78 is 54.5. The van der Waals surface area contributed by atoms with E-state index < -0.39 is 62.1 Å². The number of anilines is 2. The fourth-order valence-electron chi connectivity index (χ4n) is 10.3. The van der Waals surface area contributed by atoms with E-state index in [4.69, 9.17) is 48.6 Å². The molecule has 420 valence electrons. The van der Waals surface area contributed by atoms with Gasteiger partial charge in [-0.2, -0.15) is 30.2 Å². The van der Waals surface area contributed by atoms with Gasteiger partial charge in [0.05, 0.1) is 72.2 Å². The molecule has 6 N–H and O–H groups in total. The third-order valence-electron chi connectivity index (χ3n) is 14.1. The average Bonchev–Trinajstić information content (AvgIpc) is 4.22. The van der Waals surface area contributed by atoms with Crippen LogP contribution >= 0.6 is 23.2 Å². The molecule has 0 aliphatic carbocycles. The smallest absolute Gasteiger partial charge is 0.326 e. The molecular weight excluding hydrogens is 1100 g/mol. The molecule has 79 heavy (non-hydrogen) atoms. The predicted octanol–water partition coefficient (Wildman–Crippen LogP) is 4.54. The van der Waals surface area contributed by atoms with Crippen molar-refractivity contribution in [1.29, 1.82) is 10.5 Å². The van der Waals surface area contributed by atoms with Crippen LogP contribution in [0.2, 0.25) is 10.0 Å². The van der Waals surface area contributed by atoms with Crippen LogP contribution in [0.15, 0.2) is 73.1 Å². The molecule has 4 fully saturated rings. The number of aliphatic hydroxyl groups excluding tert-OH is 2. The van der Waals surface area contributed by atoms with Gasteiger partial charge in [-0.3, -0.25) is 9.59 Å². The van der Waals surface area contributed by atoms with E-state index in [2.05, 4.69) is 27.3 Å². The summed E-state index contributed by atoms with van der Waals surface area (Å²) in [6.45, 7) is 7.07. The maximum atomic E-state index is 13.9. The van der Waals surface area contributed by atoms with E-state index in [0.717, 1.165) is 66.6 Å². The van der Waals surface area contributed by atoms with Crippen LogP contribution in [0.25, 0.3) is 11.3 Å². The van der Waals surface area contributed by atoms with Crippen LogP contribution in [0.3, 0.4) is 0 Å². The number of β-amino-alcohol motifs (C(OH)–C–C–N with tert-alkyl or cyclic N) is 2. The number of nitriles is 2. The number of aryl methyl sites for hydroxylation is 2. The molecule has 0 bridgehead atoms. The molecule has 4 aliphatic rings. The Morgan fingerprint density at radius 2 is 1.19 bits per heavy atom. The van der Waals surface area contributed by atoms with Gasteiger partial charge in [0.1, 0.15) is 23.7 Å². The number of carbonyl (C=O) groups is 2. The summed E-state index contributed by atoms with van der Waals surface area (Å²) in [7, 11) is -7.35. The number of likely N-dealkylation sites (tertiary alicyclic amines) is 1. The van der Waals surface area contributed by atoms with Crippen molar-refractivity contribution in [3.63, 3.8) is 0 Å². The molecule has 4 aliphatic heterocycles. The summed E-state index contributed by atoms with van der Waals surface area (Å²) in [6, 6.07) is 18.5. The Kier molecular flexibility index (Phi) is 18.5. The number of fused-ring (bicyclic) bond motifs is 2. The van der Waals surface area contributed by atoms with Crippen LogP contribution < -0.4 is 24.6 Å². The lowest BCUT2D eigenvalue weighted by atomic mass is 9.97. The molecule has 0 saturated carbocycles. The van der Waals surface area contributed by atoms with E-state index >= 15 is 0 Å². The number of carboxylic acid groups (broad SMARTS) is 1. The Morgan fingerprint density at radius 3 is 1.66 bits per heavy atom. The zero-order chi connectivity index (χ0) is 56.9. The van der Waals surface area contributed by atoms with Gasteiger partial charge < -0.3 is 35.3 Å². The van der Waals surface area contributed by atoms with Gasteiger partial charge in [-0.1, -0.05) is 66.0 Å². The second-order valence-electron chi connectivity index (χ2n) is 20.2. The number of sulfonamides is 2. The van der Waals surface area contributed by atoms with E-state index in [1.54, 1.807) is 45.8 Å². The highest BCUT2D eigenvalue weighted by atomic mass is 35.5. The minimum atomic E-state index is -3.73. The lowest BCUT2D eigenvalue weighted by Crippen LogP contribution is -2.46. The maximum absolute atomic E-state index is 13.9. The Bertz CT molecular complexity index is 3530. The van der Waals surface area contributed by atoms with Crippen LogP contribution in [0.4, 0.5) is 11.6 Å². The fraction of sp³-hybridized carbons (Fsp3) is 0.462. The number of nitrogens with zero attached hydrogens (tertiary/aromatic N) is 11. The highest BCUT2D eigenvalue weighted by Crippen LogP contribution is 2.36. The normalized spacial score (nSPS) is 22.3. The molecule has 2 unspecified atom stereocenters. The van der Waals surface area contributed by atoms with Gasteiger partial charge in [0.25, 0.3) is 0 Å². The highest BCUT2D eigenvalue weighted by Gasteiger charge is 2.38. The van der Waals surface area contributed by atoms with Gasteiger partial charge in [0.15, 0.2) is 11.3 Å². The molecule has 8 atom stereocenters. The van der Waals surface area contributed by atoms with Crippen molar-refractivity contribution in [2.75, 3.05) is 61.6 Å². The quantitative estimate of drug-likeness (QED) is 0.0979. The summed E-state index contributed by atoms with van der Waals surface area (Å²) in [5.41, 5.74) is 5.52. The molecule has 27 heteroatoms. The number of nitrogens with one attached hydrogen (secondary N) is 3. The second-order valence-corrected chi connectivity index (χ2v) is 24.6. The number of aromatic nitrogens is 6. The largest absolute Gasteiger partial charge is 0.480 e. The van der Waals surface area contributed by atoms with Crippen molar-refractivity contribution < 1.29 is 41.7 Å². The minimum absolute atomic E-state index is 0.200. The maximum Gasteiger partial charge on any atom is 0.326 e. The molecule has 0 radical (unpaired) electrons. The second kappa shape index (κ2) is 24.9. The molecule has 6 aromatic rings. The number of halogens is 2. The van der Waals surface area contributed by atoms with E-state index in [0.29, 0.717) is 72.9 Å². The topological polar surface area (TPSA) is 317 Å². The van der Waals surface area contributed by atoms with Crippen molar-refractivity contribution in [3.05, 3.63) is 117 Å². The zero-order valence-corrected chi connectivity index (χ0v) is 47.0. The molecule has 8 heterocycles. The molecule has 0 spiro atoms. The van der Waals surface area contributed by atoms with Gasteiger partial charge in [-0.05, 0) is 75.8 Å². The number of rotatable bonds is 12. The molecule has 23 nitrogen and oxygen atoms in total. The van der Waals surface area contributed by atoms with Crippen molar-refractivity contribution in [2.24, 2.45) is 11.8 Å². The van der Waals surface area contributed by atoms with Crippen molar-refractivity contribution in [3.8, 4) is 12.1 Å². The molecule has 4 aromatic heterocycles. The highest BCUT2D eigenvalue weighted by molar-refractivity contribution is 7.89. The summed E-state index contributed by atoms with van der Waals surface area (Å²) >= 11 is 12.2. The summed E-state index contributed by atoms with van der Waals surface area (Å²) in [5.74, 6) is -1.02. The van der Waals surface area contributed by atoms with Gasteiger partial charge >= 0.3 is 5.97 Å². The number of amides is 1. The van der Waals surface area contributed by atoms with Crippen molar-refractivity contribution in [1.82, 2.24) is 48.9 Å². The molecule has 1 amide bonds. The predicted molar refractivity (Wildman–Crippen MR) is 295 cm³/mol. The van der Waals surface area contributed by atoms with Crippen molar-refractivity contribution >= 4 is 78.1 Å². The standard InChI is InChI=1S/C26H30ClN7O4S.C17H22N6O.C9H10ClNO4S/c1-16-13-34-23(29-25(16)32-14-17(12-28)22(35)15-32)11-20(30-34)21-9-5-6-10-33(21)26(36)24(31-39(2,37)38)18-7-3-4-8-19(18)27;1-11-8-23-16(6-14(21-23)13-4-2-3-5-19-13)20-17(11)22-9-12(7-18)15(24)10-22;1-16(14,15)11-8(9(12)13)6-4-2-3-5-7(6)10/h3-4,7-8,11,13,17,21-22,24,31,35H,5-6,9-10,14-15H2,1-2H3;6,8,12-13,15,19,24H,2-5,9-10H2,1H3;2-5,8,11H,1H3,(H,12,13)/t17-,21+,22+,24?;12-,13+,15+;/m11./s1. The number of piperidine rings is 2. The molecular formula is C52H62Cl2N14O9S2. The van der Waals surface area contributed by atoms with Crippen LogP contribution in [0, 0.1) is 48.3 Å². The number of hydrogen-bond donors (Lipinski definition) is 6. The lowest BCUT2D eigenvalue weighted by Gasteiger charge is -2.37. The summed E-state index contributed by atoms with van der Waals surface area (Å²) in [6.07, 6.45) is 10.3. The SMILES string of the molecule is CS(=O)(=O)NC(C(=O)O)c1ccccc1Cl.Cc1cn2nc([C@@H]3CCCCN3)cc2nc1N1C[C@@H](C#N)[C@@H](O)C1.Cc1cn2nc([C@@H]3CCCCN3C(=O)C(NS(C)(=O)=O)c3ccccc3Cl)cc2nc1N1C[C@@H](C#N)[C@@H](O)C1. The number of benzene rings is 2. The van der Waals surface area contributed by atoms with Crippen LogP contribution in [0.5, 0.6) is 0 Å². The van der Waals surface area contributed by atoms with Crippen LogP contribution in [-0.2, 0) is 29.6 Å². The minimum Gasteiger partial charge on any atom is -0.480 e. The van der Waals surface area contributed by atoms with Crippen LogP contribution in [-0.4, -0.2) is 142 Å². The summed E-state index contributed by atoms with van der Waals surface area (Å²) in [5, 5.41) is 61.0. The number of carbonyl (C=O) groups excluding carboxylic acids is 1. The van der Waals surface area contributed by atoms with Gasteiger partial charge in [-0.25, -0.2) is 35.8 Å². The first-order valence-electron chi connectivity index (χ1n) is 25.6. The third kappa shape index (κ3) is 14.1. The van der Waals surface area contributed by atoms with E-state index in [1.807, 2.05) is 57.4 Å². The fourth-order valence-corrected chi connectivity index (χ4v) is 12.1. The molecule has 4 saturated heterocycles. The van der Waals surface area contributed by atoms with Gasteiger partial charge in [0, 0.05) is 78.4 Å². The Hall–Kier alpha value is -6.52. The number of hydrogen-bond acceptors (Lipinski definition) is 17. The lowest BCUT2D eigenvalue weighted by molar-refractivity contribution is -0.139. The number of aliphatic hydroxyl groups is 2. The first-order valence-corrected chi connectivity index (χ1v) is 30.2. The van der Waals surface area contributed by atoms with E-state index in [1.165, 1.54) is 25.0 Å². The average molecular weight is 1160 g/mol. The molecule has 10 rings (SSSR count). The van der Waals surface area contributed by atoms with E-state index in [9.17, 15) is 41.9 Å². The monoisotopic (exact) mass is 1160 g/mol. The first kappa shape index (κ1) is 58.6. The molecule has 2 aromatic carbocycles. The van der Waals surface area contributed by atoms with Crippen molar-refractivity contribution in [2.45, 2.75) is 88.7 Å². The Morgan fingerprint density at radius 1 is 0.709 bits per heavy atom. The Labute approximate surface area is 467 Å². The van der Waals surface area contributed by atoms with Gasteiger partial charge in [0.2, 0.25) is 26.0 Å². The first-order chi connectivity index (χ1) is 37.5. The number of aliphatic carboxylic acids is 1. The Balaban J connectivity index is 0.000000174. The van der Waals surface area contributed by atoms with E-state index in [-0.39, 0.29) is 22.5 Å². The third-order valence-corrected chi connectivity index (χ3v) is 16.2. The summed E-state index contributed by atoms with van der Waals surface area (Å²) in [4.78, 5) is 40.0. The zero-order valence-electron chi connectivity index (χ0n) is 43.8. The van der Waals surface area contributed by atoms with Gasteiger partial charge in [-0.15, -0.1) is 0 Å². The number of carboxylic acids is 1.